The molecule has 0 amide bonds. The van der Waals surface area contributed by atoms with Gasteiger partial charge in [-0.3, -0.25) is 0 Å². The third-order valence-electron chi connectivity index (χ3n) is 3.56. The second-order valence-electron chi connectivity index (χ2n) is 5.14. The van der Waals surface area contributed by atoms with Crippen molar-refractivity contribution in [1.82, 2.24) is 15.0 Å². The molecule has 0 aliphatic carbocycles. The standard InChI is InChI=1S/C19H15N4.ClH/c1-4-10-16(11-5-1)19-20-22(17-12-6-2-7-13-17)23(21-19)18-14-8-3-9-15-18;/h1-15H;1H/q+1;/p-1. The molecule has 0 unspecified atom stereocenters. The van der Waals surface area contributed by atoms with Gasteiger partial charge < -0.3 is 12.4 Å². The summed E-state index contributed by atoms with van der Waals surface area (Å²) in [5, 5.41) is 9.39. The van der Waals surface area contributed by atoms with E-state index in [1.807, 2.05) is 101 Å². The van der Waals surface area contributed by atoms with Crippen LogP contribution >= 0.6 is 0 Å². The van der Waals surface area contributed by atoms with Gasteiger partial charge in [0.2, 0.25) is 0 Å². The van der Waals surface area contributed by atoms with Crippen LogP contribution < -0.4 is 17.2 Å². The summed E-state index contributed by atoms with van der Waals surface area (Å²) in [5.74, 6) is 0.693. The molecular formula is C19H15ClN4. The number of para-hydroxylation sites is 2. The Hall–Kier alpha value is -2.98. The van der Waals surface area contributed by atoms with Gasteiger partial charge in [-0.2, -0.15) is 0 Å². The predicted molar refractivity (Wildman–Crippen MR) is 88.3 cm³/mol. The van der Waals surface area contributed by atoms with E-state index in [1.165, 1.54) is 0 Å². The molecule has 0 spiro atoms. The fourth-order valence-electron chi connectivity index (χ4n) is 2.44. The molecule has 1 aromatic heterocycles. The third-order valence-corrected chi connectivity index (χ3v) is 3.56. The van der Waals surface area contributed by atoms with Crippen LogP contribution in [-0.4, -0.2) is 15.0 Å². The highest BCUT2D eigenvalue weighted by Crippen LogP contribution is 2.14. The first-order valence-electron chi connectivity index (χ1n) is 7.48. The molecule has 0 aliphatic rings. The van der Waals surface area contributed by atoms with Gasteiger partial charge in [-0.05, 0) is 46.3 Å². The number of hydrogen-bond donors (Lipinski definition) is 0. The number of hydrogen-bond acceptors (Lipinski definition) is 2. The van der Waals surface area contributed by atoms with Gasteiger partial charge in [0, 0.05) is 4.80 Å². The summed E-state index contributed by atoms with van der Waals surface area (Å²) >= 11 is 0. The molecular weight excluding hydrogens is 320 g/mol. The number of rotatable bonds is 3. The molecule has 4 nitrogen and oxygen atoms in total. The number of benzene rings is 3. The maximum atomic E-state index is 4.70. The summed E-state index contributed by atoms with van der Waals surface area (Å²) in [4.78, 5) is 3.63. The van der Waals surface area contributed by atoms with E-state index < -0.39 is 0 Å². The highest BCUT2D eigenvalue weighted by molar-refractivity contribution is 5.53. The topological polar surface area (TPSA) is 34.6 Å². The van der Waals surface area contributed by atoms with Gasteiger partial charge in [-0.25, -0.2) is 0 Å². The van der Waals surface area contributed by atoms with Crippen LogP contribution in [0.25, 0.3) is 22.8 Å². The average molecular weight is 335 g/mol. The second-order valence-corrected chi connectivity index (χ2v) is 5.14. The van der Waals surface area contributed by atoms with Crippen molar-refractivity contribution in [2.45, 2.75) is 0 Å². The Morgan fingerprint density at radius 3 is 1.83 bits per heavy atom. The summed E-state index contributed by atoms with van der Waals surface area (Å²) in [6.07, 6.45) is 0. The van der Waals surface area contributed by atoms with Crippen LogP contribution in [0.15, 0.2) is 91.0 Å². The van der Waals surface area contributed by atoms with E-state index in [4.69, 9.17) is 10.2 Å². The van der Waals surface area contributed by atoms with E-state index in [2.05, 4.69) is 0 Å². The van der Waals surface area contributed by atoms with Gasteiger partial charge in [-0.1, -0.05) is 54.6 Å². The number of tetrazole rings is 1. The summed E-state index contributed by atoms with van der Waals surface area (Å²) in [5.41, 5.74) is 2.92. The first-order chi connectivity index (χ1) is 11.4. The van der Waals surface area contributed by atoms with Crippen molar-refractivity contribution in [3.05, 3.63) is 91.0 Å². The molecule has 5 heteroatoms. The van der Waals surface area contributed by atoms with Gasteiger partial charge in [0.05, 0.1) is 10.7 Å². The Morgan fingerprint density at radius 2 is 1.21 bits per heavy atom. The van der Waals surface area contributed by atoms with Crippen LogP contribution in [0.3, 0.4) is 0 Å². The van der Waals surface area contributed by atoms with Gasteiger partial charge in [0.1, 0.15) is 5.69 Å². The molecule has 0 radical (unpaired) electrons. The van der Waals surface area contributed by atoms with Crippen LogP contribution in [-0.2, 0) is 0 Å². The highest BCUT2D eigenvalue weighted by Gasteiger charge is 2.22. The van der Waals surface area contributed by atoms with Crippen LogP contribution in [0.1, 0.15) is 0 Å². The molecule has 3 aromatic carbocycles. The number of halogens is 1. The van der Waals surface area contributed by atoms with Crippen LogP contribution in [0, 0.1) is 0 Å². The van der Waals surface area contributed by atoms with Crippen molar-refractivity contribution in [3.63, 3.8) is 0 Å². The van der Waals surface area contributed by atoms with E-state index in [-0.39, 0.29) is 12.4 Å². The Kier molecular flexibility index (Phi) is 4.68. The quantitative estimate of drug-likeness (QED) is 0.502. The molecule has 0 N–H and O–H groups in total. The maximum absolute atomic E-state index is 4.70. The number of aromatic nitrogens is 4. The molecule has 1 heterocycles. The molecule has 0 atom stereocenters. The van der Waals surface area contributed by atoms with Gasteiger partial charge in [0.25, 0.3) is 0 Å². The zero-order valence-corrected chi connectivity index (χ0v) is 13.6. The van der Waals surface area contributed by atoms with Crippen molar-refractivity contribution in [2.75, 3.05) is 0 Å². The summed E-state index contributed by atoms with van der Waals surface area (Å²) in [6, 6.07) is 30.0. The fraction of sp³-hybridized carbons (Fsp3) is 0. The van der Waals surface area contributed by atoms with Crippen LogP contribution in [0.5, 0.6) is 0 Å². The van der Waals surface area contributed by atoms with E-state index in [0.29, 0.717) is 5.82 Å². The molecule has 0 bridgehead atoms. The lowest BCUT2D eigenvalue weighted by atomic mass is 10.2. The Morgan fingerprint density at radius 1 is 0.667 bits per heavy atom. The van der Waals surface area contributed by atoms with Crippen molar-refractivity contribution in [3.8, 4) is 22.8 Å². The molecule has 0 fully saturated rings. The largest absolute Gasteiger partial charge is 1.00 e. The average Bonchev–Trinajstić information content (AvgIpc) is 3.09. The third kappa shape index (κ3) is 3.05. The van der Waals surface area contributed by atoms with Crippen molar-refractivity contribution < 1.29 is 17.2 Å². The van der Waals surface area contributed by atoms with Crippen LogP contribution in [0.2, 0.25) is 0 Å². The van der Waals surface area contributed by atoms with E-state index in [9.17, 15) is 0 Å². The van der Waals surface area contributed by atoms with Crippen molar-refractivity contribution >= 4 is 0 Å². The fourth-order valence-corrected chi connectivity index (χ4v) is 2.44. The lowest BCUT2D eigenvalue weighted by Gasteiger charge is -1.98. The second kappa shape index (κ2) is 7.06. The monoisotopic (exact) mass is 334 g/mol. The predicted octanol–water partition coefficient (Wildman–Crippen LogP) is 0.215. The van der Waals surface area contributed by atoms with Crippen molar-refractivity contribution in [2.24, 2.45) is 0 Å². The normalized spacial score (nSPS) is 10.2. The first-order valence-corrected chi connectivity index (χ1v) is 7.48. The minimum Gasteiger partial charge on any atom is -1.00 e. The lowest BCUT2D eigenvalue weighted by molar-refractivity contribution is -0.734. The molecule has 118 valence electrons. The molecule has 4 rings (SSSR count). The van der Waals surface area contributed by atoms with E-state index in [1.54, 1.807) is 0 Å². The molecule has 0 saturated carbocycles. The Bertz CT molecular complexity index is 849. The van der Waals surface area contributed by atoms with E-state index >= 15 is 0 Å². The molecule has 0 saturated heterocycles. The lowest BCUT2D eigenvalue weighted by Crippen LogP contribution is -3.00. The first kappa shape index (κ1) is 15.9. The Balaban J connectivity index is 0.00000169. The van der Waals surface area contributed by atoms with E-state index in [0.717, 1.165) is 16.9 Å². The van der Waals surface area contributed by atoms with Gasteiger partial charge in [-0.15, -0.1) is 0 Å². The van der Waals surface area contributed by atoms with Crippen molar-refractivity contribution in [1.29, 1.82) is 0 Å². The molecule has 4 aromatic rings. The summed E-state index contributed by atoms with van der Waals surface area (Å²) in [7, 11) is 0. The van der Waals surface area contributed by atoms with Gasteiger partial charge >= 0.3 is 5.82 Å². The number of nitrogens with zero attached hydrogens (tertiary/aromatic N) is 4. The van der Waals surface area contributed by atoms with Crippen LogP contribution in [0.4, 0.5) is 0 Å². The highest BCUT2D eigenvalue weighted by atomic mass is 35.5. The zero-order chi connectivity index (χ0) is 15.5. The summed E-state index contributed by atoms with van der Waals surface area (Å²) < 4.78 is 0. The maximum Gasteiger partial charge on any atom is 0.340 e. The SMILES string of the molecule is [Cl-].c1ccc(-c2nn(-c3ccccc3)[n+](-c3ccccc3)n2)cc1. The minimum absolute atomic E-state index is 0. The Labute approximate surface area is 146 Å². The minimum atomic E-state index is 0. The van der Waals surface area contributed by atoms with Gasteiger partial charge in [0.15, 0.2) is 5.69 Å². The molecule has 24 heavy (non-hydrogen) atoms. The smallest absolute Gasteiger partial charge is 0.340 e. The summed E-state index contributed by atoms with van der Waals surface area (Å²) in [6.45, 7) is 0. The molecule has 0 aliphatic heterocycles. The zero-order valence-electron chi connectivity index (χ0n) is 12.8.